The Kier molecular flexibility index (Phi) is 6.56. The number of hydrogen-bond acceptors (Lipinski definition) is 6. The first-order valence-corrected chi connectivity index (χ1v) is 6.86. The summed E-state index contributed by atoms with van der Waals surface area (Å²) in [5.41, 5.74) is 1.03. The summed E-state index contributed by atoms with van der Waals surface area (Å²) in [5, 5.41) is 19.2. The fourth-order valence-corrected chi connectivity index (χ4v) is 1.66. The molecule has 6 heteroatoms. The van der Waals surface area contributed by atoms with Gasteiger partial charge in [0.05, 0.1) is 5.28 Å². The molecule has 1 aromatic carbocycles. The van der Waals surface area contributed by atoms with Gasteiger partial charge in [-0.05, 0) is 23.8 Å². The summed E-state index contributed by atoms with van der Waals surface area (Å²) >= 11 is 0. The minimum absolute atomic E-state index is 0.0931. The second-order valence-electron chi connectivity index (χ2n) is 4.29. The van der Waals surface area contributed by atoms with E-state index in [1.54, 1.807) is 18.2 Å². The molecule has 0 aliphatic carbocycles. The van der Waals surface area contributed by atoms with Gasteiger partial charge in [-0.15, -0.1) is 10.1 Å². The second kappa shape index (κ2) is 9.47. The van der Waals surface area contributed by atoms with Crippen LogP contribution >= 0.6 is 0 Å². The van der Waals surface area contributed by atoms with Crippen LogP contribution in [-0.2, 0) is 11.4 Å². The molecule has 2 rings (SSSR count). The maximum Gasteiger partial charge on any atom is 0.184 e. The van der Waals surface area contributed by atoms with Crippen LogP contribution in [0.5, 0.6) is 5.75 Å². The molecule has 6 nitrogen and oxygen atoms in total. The summed E-state index contributed by atoms with van der Waals surface area (Å²) in [7, 11) is 0. The number of allylic oxidation sites excluding steroid dienone is 8. The van der Waals surface area contributed by atoms with Crippen LogP contribution in [0.2, 0.25) is 0 Å². The van der Waals surface area contributed by atoms with Crippen LogP contribution in [0.1, 0.15) is 5.56 Å². The summed E-state index contributed by atoms with van der Waals surface area (Å²) in [6.07, 6.45) is 15.2. The highest BCUT2D eigenvalue weighted by molar-refractivity contribution is 6.07. The molecule has 0 amide bonds. The van der Waals surface area contributed by atoms with Crippen LogP contribution in [0.15, 0.2) is 88.5 Å². The van der Waals surface area contributed by atoms with Crippen LogP contribution in [0, 0.1) is 11.3 Å². The van der Waals surface area contributed by atoms with Gasteiger partial charge < -0.3 is 0 Å². The molecule has 0 spiro atoms. The molecule has 0 saturated carbocycles. The zero-order valence-electron chi connectivity index (χ0n) is 12.2. The van der Waals surface area contributed by atoms with E-state index in [1.165, 1.54) is 6.08 Å². The van der Waals surface area contributed by atoms with Gasteiger partial charge in [-0.1, -0.05) is 60.7 Å². The zero-order valence-corrected chi connectivity index (χ0v) is 12.2. The van der Waals surface area contributed by atoms with Crippen molar-refractivity contribution in [1.29, 1.82) is 5.26 Å². The zero-order chi connectivity index (χ0) is 16.2. The predicted molar refractivity (Wildman–Crippen MR) is 86.3 cm³/mol. The van der Waals surface area contributed by atoms with E-state index in [2.05, 4.69) is 20.6 Å². The molecule has 0 aromatic heterocycles. The van der Waals surface area contributed by atoms with Gasteiger partial charge in [0.2, 0.25) is 0 Å². The first-order chi connectivity index (χ1) is 11.4. The molecule has 114 valence electrons. The van der Waals surface area contributed by atoms with E-state index in [-0.39, 0.29) is 5.71 Å². The topological polar surface area (TPSA) is 79.3 Å². The van der Waals surface area contributed by atoms with Crippen LogP contribution in [0.3, 0.4) is 0 Å². The molecular formula is C17H14N4O2. The standard InChI is InChI=1S/C17H14N4O2/c18-14-16-12-7-5-3-1-2-4-6-10-15-11-8-9-13-17(15)22-23-21-20-19-16/h1-9,11-13H,10H2. The molecule has 1 heterocycles. The van der Waals surface area contributed by atoms with Crippen molar-refractivity contribution in [3.63, 3.8) is 0 Å². The molecule has 1 aliphatic rings. The van der Waals surface area contributed by atoms with Crippen molar-refractivity contribution in [2.75, 3.05) is 0 Å². The summed E-state index contributed by atoms with van der Waals surface area (Å²) in [5.74, 6) is 0.536. The van der Waals surface area contributed by atoms with Gasteiger partial charge >= 0.3 is 0 Å². The molecular weight excluding hydrogens is 292 g/mol. The van der Waals surface area contributed by atoms with Crippen LogP contribution in [0.4, 0.5) is 0 Å². The Morgan fingerprint density at radius 3 is 2.65 bits per heavy atom. The summed E-state index contributed by atoms with van der Waals surface area (Å²) in [6.45, 7) is 0. The fraction of sp³-hybridized carbons (Fsp3) is 0.0588. The highest BCUT2D eigenvalue weighted by atomic mass is 17.3. The van der Waals surface area contributed by atoms with Crippen LogP contribution in [0.25, 0.3) is 0 Å². The SMILES string of the molecule is N#CC1=NN=NOOc2ccccc2CC=CC=CC=CC=C1. The number of rotatable bonds is 0. The third kappa shape index (κ3) is 5.81. The van der Waals surface area contributed by atoms with E-state index in [0.717, 1.165) is 5.56 Å². The van der Waals surface area contributed by atoms with Gasteiger partial charge in [0.15, 0.2) is 11.5 Å². The van der Waals surface area contributed by atoms with Crippen molar-refractivity contribution in [1.82, 2.24) is 0 Å². The molecule has 1 aliphatic heterocycles. The number of nitrogens with zero attached hydrogens (tertiary/aromatic N) is 4. The third-order valence-electron chi connectivity index (χ3n) is 2.72. The average molecular weight is 306 g/mol. The first kappa shape index (κ1) is 15.9. The predicted octanol–water partition coefficient (Wildman–Crippen LogP) is 4.02. The van der Waals surface area contributed by atoms with Gasteiger partial charge in [0, 0.05) is 5.56 Å². The third-order valence-corrected chi connectivity index (χ3v) is 2.72. The van der Waals surface area contributed by atoms with Gasteiger partial charge in [-0.3, -0.25) is 4.89 Å². The van der Waals surface area contributed by atoms with Crippen molar-refractivity contribution in [3.05, 3.63) is 78.4 Å². The normalized spacial score (nSPS) is 14.8. The van der Waals surface area contributed by atoms with Gasteiger partial charge in [0.1, 0.15) is 6.07 Å². The maximum atomic E-state index is 8.89. The Hall–Kier alpha value is -3.46. The van der Waals surface area contributed by atoms with E-state index in [0.29, 0.717) is 12.2 Å². The molecule has 23 heavy (non-hydrogen) atoms. The second-order valence-corrected chi connectivity index (χ2v) is 4.29. The van der Waals surface area contributed by atoms with Crippen LogP contribution in [-0.4, -0.2) is 5.71 Å². The van der Waals surface area contributed by atoms with Crippen molar-refractivity contribution >= 4 is 5.71 Å². The number of nitriles is 1. The lowest BCUT2D eigenvalue weighted by atomic mass is 10.1. The lowest BCUT2D eigenvalue weighted by Gasteiger charge is -2.04. The number of para-hydroxylation sites is 1. The smallest absolute Gasteiger partial charge is 0.184 e. The molecule has 0 atom stereocenters. The van der Waals surface area contributed by atoms with E-state index < -0.39 is 0 Å². The molecule has 0 saturated heterocycles. The van der Waals surface area contributed by atoms with Gasteiger partial charge in [0.25, 0.3) is 0 Å². The van der Waals surface area contributed by atoms with Crippen molar-refractivity contribution < 1.29 is 9.88 Å². The number of benzene rings is 1. The lowest BCUT2D eigenvalue weighted by Crippen LogP contribution is -1.94. The lowest BCUT2D eigenvalue weighted by molar-refractivity contribution is -0.216. The Morgan fingerprint density at radius 1 is 1.00 bits per heavy atom. The number of fused-ring (bicyclic) bond motifs is 1. The van der Waals surface area contributed by atoms with E-state index in [4.69, 9.17) is 10.1 Å². The maximum absolute atomic E-state index is 8.89. The summed E-state index contributed by atoms with van der Waals surface area (Å²) in [6, 6.07) is 9.31. The molecule has 0 unspecified atom stereocenters. The summed E-state index contributed by atoms with van der Waals surface area (Å²) < 4.78 is 0. The minimum Gasteiger partial charge on any atom is -0.266 e. The van der Waals surface area contributed by atoms with E-state index >= 15 is 0 Å². The molecule has 0 fully saturated rings. The Bertz CT molecular complexity index is 737. The molecule has 0 N–H and O–H groups in total. The summed E-state index contributed by atoms with van der Waals surface area (Å²) in [4.78, 5) is 9.73. The monoisotopic (exact) mass is 306 g/mol. The van der Waals surface area contributed by atoms with Crippen molar-refractivity contribution in [3.8, 4) is 11.8 Å². The highest BCUT2D eigenvalue weighted by Crippen LogP contribution is 2.19. The van der Waals surface area contributed by atoms with Gasteiger partial charge in [-0.25, -0.2) is 0 Å². The Morgan fingerprint density at radius 2 is 1.78 bits per heavy atom. The van der Waals surface area contributed by atoms with Gasteiger partial charge in [-0.2, -0.15) is 5.26 Å². The van der Waals surface area contributed by atoms with Crippen LogP contribution < -0.4 is 4.89 Å². The molecule has 0 bridgehead atoms. The minimum atomic E-state index is 0.0931. The van der Waals surface area contributed by atoms with Crippen molar-refractivity contribution in [2.24, 2.45) is 15.6 Å². The highest BCUT2D eigenvalue weighted by Gasteiger charge is 2.02. The Labute approximate surface area is 133 Å². The molecule has 1 aromatic rings. The quantitative estimate of drug-likeness (QED) is 0.679. The first-order valence-electron chi connectivity index (χ1n) is 6.86. The Balaban J connectivity index is 2.20. The average Bonchev–Trinajstić information content (AvgIpc) is 2.58. The molecule has 0 radical (unpaired) electrons. The van der Waals surface area contributed by atoms with Crippen molar-refractivity contribution in [2.45, 2.75) is 6.42 Å². The van der Waals surface area contributed by atoms with E-state index in [9.17, 15) is 0 Å². The fourth-order valence-electron chi connectivity index (χ4n) is 1.66. The number of hydrogen-bond donors (Lipinski definition) is 0. The largest absolute Gasteiger partial charge is 0.266 e. The van der Waals surface area contributed by atoms with E-state index in [1.807, 2.05) is 54.6 Å².